The fourth-order valence-electron chi connectivity index (χ4n) is 2.24. The summed E-state index contributed by atoms with van der Waals surface area (Å²) in [5, 5.41) is 5.54. The highest BCUT2D eigenvalue weighted by atomic mass is 32.2. The number of carbonyl (C=O) groups excluding carboxylic acids is 1. The van der Waals surface area contributed by atoms with Gasteiger partial charge in [0.2, 0.25) is 10.0 Å². The van der Waals surface area contributed by atoms with Gasteiger partial charge in [-0.2, -0.15) is 0 Å². The second-order valence-electron chi connectivity index (χ2n) is 5.79. The van der Waals surface area contributed by atoms with Gasteiger partial charge in [-0.05, 0) is 74.1 Å². The Balaban J connectivity index is 1.94. The molecule has 0 aliphatic carbocycles. The van der Waals surface area contributed by atoms with E-state index in [2.05, 4.69) is 15.4 Å². The molecule has 28 heavy (non-hydrogen) atoms. The lowest BCUT2D eigenvalue weighted by molar-refractivity contribution is 0.0977. The van der Waals surface area contributed by atoms with Gasteiger partial charge in [-0.15, -0.1) is 0 Å². The van der Waals surface area contributed by atoms with E-state index in [0.717, 1.165) is 0 Å². The molecule has 0 fully saturated rings. The molecule has 9 heteroatoms. The maximum Gasteiger partial charge on any atom is 0.257 e. The Kier molecular flexibility index (Phi) is 7.91. The minimum absolute atomic E-state index is 0.110. The summed E-state index contributed by atoms with van der Waals surface area (Å²) in [6.07, 6.45) is 0.710. The molecule has 2 aromatic rings. The van der Waals surface area contributed by atoms with Gasteiger partial charge in [0.1, 0.15) is 5.75 Å². The molecule has 2 rings (SSSR count). The summed E-state index contributed by atoms with van der Waals surface area (Å²) in [4.78, 5) is 12.4. The van der Waals surface area contributed by atoms with Crippen molar-refractivity contribution in [1.82, 2.24) is 10.0 Å². The Hall–Kier alpha value is -2.49. The lowest BCUT2D eigenvalue weighted by Crippen LogP contribution is -2.34. The predicted octanol–water partition coefficient (Wildman–Crippen LogP) is 2.90. The number of sulfonamides is 1. The van der Waals surface area contributed by atoms with Gasteiger partial charge in [0.15, 0.2) is 5.11 Å². The highest BCUT2D eigenvalue weighted by molar-refractivity contribution is 7.89. The molecule has 7 nitrogen and oxygen atoms in total. The van der Waals surface area contributed by atoms with Crippen molar-refractivity contribution in [2.45, 2.75) is 25.2 Å². The quantitative estimate of drug-likeness (QED) is 0.567. The molecule has 150 valence electrons. The summed E-state index contributed by atoms with van der Waals surface area (Å²) in [6.45, 7) is 4.70. The van der Waals surface area contributed by atoms with Gasteiger partial charge in [-0.3, -0.25) is 10.1 Å². The van der Waals surface area contributed by atoms with Gasteiger partial charge >= 0.3 is 0 Å². The molecular formula is C19H23N3O4S2. The van der Waals surface area contributed by atoms with Crippen molar-refractivity contribution in [3.05, 3.63) is 54.1 Å². The van der Waals surface area contributed by atoms with E-state index < -0.39 is 10.0 Å². The van der Waals surface area contributed by atoms with Gasteiger partial charge in [0.25, 0.3) is 5.91 Å². The van der Waals surface area contributed by atoms with Crippen molar-refractivity contribution >= 4 is 38.9 Å². The molecule has 0 spiro atoms. The van der Waals surface area contributed by atoms with Crippen LogP contribution in [0.3, 0.4) is 0 Å². The maximum atomic E-state index is 12.2. The standard InChI is InChI=1S/C19H23N3O4S2/c1-3-13-20-28(24,25)17-11-7-15(8-12-17)21-19(27)22-18(23)14-5-9-16(10-6-14)26-4-2/h5-12,20H,3-4,13H2,1-2H3,(H2,21,22,23,27). The minimum atomic E-state index is -3.52. The highest BCUT2D eigenvalue weighted by Gasteiger charge is 2.13. The average molecular weight is 422 g/mol. The molecule has 0 atom stereocenters. The van der Waals surface area contributed by atoms with Gasteiger partial charge in [-0.25, -0.2) is 13.1 Å². The van der Waals surface area contributed by atoms with Crippen molar-refractivity contribution in [3.8, 4) is 5.75 Å². The van der Waals surface area contributed by atoms with E-state index in [0.29, 0.717) is 36.6 Å². The van der Waals surface area contributed by atoms with Gasteiger partial charge in [0, 0.05) is 17.8 Å². The smallest absolute Gasteiger partial charge is 0.257 e. The lowest BCUT2D eigenvalue weighted by Gasteiger charge is -2.11. The summed E-state index contributed by atoms with van der Waals surface area (Å²) in [5.74, 6) is 0.326. The van der Waals surface area contributed by atoms with Crippen LogP contribution in [-0.2, 0) is 10.0 Å². The number of benzene rings is 2. The van der Waals surface area contributed by atoms with Crippen molar-refractivity contribution in [2.75, 3.05) is 18.5 Å². The molecule has 0 saturated heterocycles. The second kappa shape index (κ2) is 10.2. The molecule has 0 bridgehead atoms. The third kappa shape index (κ3) is 6.29. The number of ether oxygens (including phenoxy) is 1. The first-order valence-corrected chi connectivity index (χ1v) is 10.7. The van der Waals surface area contributed by atoms with Gasteiger partial charge in [0.05, 0.1) is 11.5 Å². The topological polar surface area (TPSA) is 96.5 Å². The first kappa shape index (κ1) is 21.8. The van der Waals surface area contributed by atoms with Crippen LogP contribution in [0.15, 0.2) is 53.4 Å². The van der Waals surface area contributed by atoms with Crippen LogP contribution < -0.4 is 20.1 Å². The van der Waals surface area contributed by atoms with Crippen LogP contribution in [0.4, 0.5) is 5.69 Å². The number of hydrogen-bond acceptors (Lipinski definition) is 5. The Morgan fingerprint density at radius 3 is 2.25 bits per heavy atom. The first-order chi connectivity index (χ1) is 13.4. The number of carbonyl (C=O) groups is 1. The van der Waals surface area contributed by atoms with Crippen LogP contribution >= 0.6 is 12.2 Å². The van der Waals surface area contributed by atoms with E-state index in [-0.39, 0.29) is 15.9 Å². The number of nitrogens with one attached hydrogen (secondary N) is 3. The second-order valence-corrected chi connectivity index (χ2v) is 7.96. The third-order valence-electron chi connectivity index (χ3n) is 3.62. The molecular weight excluding hydrogens is 398 g/mol. The maximum absolute atomic E-state index is 12.2. The molecule has 0 aliphatic heterocycles. The summed E-state index contributed by atoms with van der Waals surface area (Å²) in [5.41, 5.74) is 1.00. The molecule has 0 radical (unpaired) electrons. The largest absolute Gasteiger partial charge is 0.494 e. The average Bonchev–Trinajstić information content (AvgIpc) is 2.67. The molecule has 0 unspecified atom stereocenters. The van der Waals surface area contributed by atoms with Gasteiger partial charge in [-0.1, -0.05) is 6.92 Å². The highest BCUT2D eigenvalue weighted by Crippen LogP contribution is 2.15. The Morgan fingerprint density at radius 2 is 1.68 bits per heavy atom. The van der Waals surface area contributed by atoms with Crippen LogP contribution in [0.2, 0.25) is 0 Å². The van der Waals surface area contributed by atoms with Crippen LogP contribution in [0.5, 0.6) is 5.75 Å². The summed E-state index contributed by atoms with van der Waals surface area (Å²) in [6, 6.07) is 12.8. The molecule has 0 aromatic heterocycles. The summed E-state index contributed by atoms with van der Waals surface area (Å²) < 4.78 is 32.0. The Labute approximate surface area is 170 Å². The van der Waals surface area contributed by atoms with E-state index in [4.69, 9.17) is 17.0 Å². The number of rotatable bonds is 8. The molecule has 0 saturated carbocycles. The van der Waals surface area contributed by atoms with Gasteiger partial charge < -0.3 is 10.1 Å². The van der Waals surface area contributed by atoms with E-state index in [9.17, 15) is 13.2 Å². The Morgan fingerprint density at radius 1 is 1.04 bits per heavy atom. The van der Waals surface area contributed by atoms with Crippen LogP contribution in [0.1, 0.15) is 30.6 Å². The number of anilines is 1. The van der Waals surface area contributed by atoms with E-state index in [1.165, 1.54) is 12.1 Å². The predicted molar refractivity (Wildman–Crippen MR) is 113 cm³/mol. The normalized spacial score (nSPS) is 10.9. The first-order valence-electron chi connectivity index (χ1n) is 8.80. The fourth-order valence-corrected chi connectivity index (χ4v) is 3.59. The SMILES string of the molecule is CCCNS(=O)(=O)c1ccc(NC(=S)NC(=O)c2ccc(OCC)cc2)cc1. The van der Waals surface area contributed by atoms with Crippen LogP contribution in [-0.4, -0.2) is 32.6 Å². The number of hydrogen-bond donors (Lipinski definition) is 3. The van der Waals surface area contributed by atoms with Crippen molar-refractivity contribution < 1.29 is 17.9 Å². The molecule has 0 aliphatic rings. The van der Waals surface area contributed by atoms with Crippen molar-refractivity contribution in [3.63, 3.8) is 0 Å². The van der Waals surface area contributed by atoms with E-state index in [1.807, 2.05) is 13.8 Å². The van der Waals surface area contributed by atoms with E-state index in [1.54, 1.807) is 36.4 Å². The monoisotopic (exact) mass is 421 g/mol. The lowest BCUT2D eigenvalue weighted by atomic mass is 10.2. The zero-order valence-electron chi connectivity index (χ0n) is 15.7. The number of amides is 1. The number of thiocarbonyl (C=S) groups is 1. The van der Waals surface area contributed by atoms with Crippen molar-refractivity contribution in [1.29, 1.82) is 0 Å². The molecule has 2 aromatic carbocycles. The Bertz CT molecular complexity index is 911. The minimum Gasteiger partial charge on any atom is -0.494 e. The molecule has 3 N–H and O–H groups in total. The zero-order chi connectivity index (χ0) is 20.6. The summed E-state index contributed by atoms with van der Waals surface area (Å²) in [7, 11) is -3.52. The third-order valence-corrected chi connectivity index (χ3v) is 5.30. The molecule has 1 amide bonds. The van der Waals surface area contributed by atoms with Crippen molar-refractivity contribution in [2.24, 2.45) is 0 Å². The summed E-state index contributed by atoms with van der Waals surface area (Å²) >= 11 is 5.14. The fraction of sp³-hybridized carbons (Fsp3) is 0.263. The van der Waals surface area contributed by atoms with Crippen LogP contribution in [0.25, 0.3) is 0 Å². The molecule has 0 heterocycles. The van der Waals surface area contributed by atoms with E-state index >= 15 is 0 Å². The van der Waals surface area contributed by atoms with Crippen LogP contribution in [0, 0.1) is 0 Å². The zero-order valence-corrected chi connectivity index (χ0v) is 17.3.